The minimum absolute atomic E-state index is 0.0108. The van der Waals surface area contributed by atoms with Gasteiger partial charge in [-0.3, -0.25) is 9.59 Å². The topological polar surface area (TPSA) is 111 Å². The lowest BCUT2D eigenvalue weighted by molar-refractivity contribution is -0.109. The summed E-state index contributed by atoms with van der Waals surface area (Å²) in [5.74, 6) is 0.0409. The zero-order valence-electron chi connectivity index (χ0n) is 23.7. The fourth-order valence-corrected chi connectivity index (χ4v) is 4.08. The van der Waals surface area contributed by atoms with Gasteiger partial charge < -0.3 is 26.2 Å². The number of rotatable bonds is 9. The Kier molecular flexibility index (Phi) is 18.6. The maximum atomic E-state index is 14.0. The van der Waals surface area contributed by atoms with E-state index in [1.165, 1.54) is 12.1 Å². The van der Waals surface area contributed by atoms with Crippen LogP contribution < -0.4 is 16.0 Å². The van der Waals surface area contributed by atoms with Crippen LogP contribution in [0.15, 0.2) is 36.4 Å². The molecular weight excluding hydrogens is 544 g/mol. The van der Waals surface area contributed by atoms with Gasteiger partial charge in [0, 0.05) is 55.9 Å². The van der Waals surface area contributed by atoms with Crippen molar-refractivity contribution in [3.8, 4) is 0 Å². The number of carbonyl (C=O) groups excluding carboxylic acids is 2. The largest absolute Gasteiger partial charge is 0.400 e. The summed E-state index contributed by atoms with van der Waals surface area (Å²) in [6, 6.07) is 10.5. The fraction of sp³-hybridized carbons (Fsp3) is 0.517. The molecule has 1 heterocycles. The number of amides is 2. The molecule has 0 saturated carbocycles. The number of nitrogens with one attached hydrogen (secondary N) is 3. The molecule has 0 aliphatic carbocycles. The second-order valence-electron chi connectivity index (χ2n) is 10.7. The monoisotopic (exact) mass is 587 g/mol. The minimum atomic E-state index is -0.491. The molecule has 0 aromatic heterocycles. The van der Waals surface area contributed by atoms with E-state index < -0.39 is 5.82 Å². The molecule has 1 aliphatic heterocycles. The molecule has 0 radical (unpaired) electrons. The summed E-state index contributed by atoms with van der Waals surface area (Å²) in [5.41, 5.74) is 2.85. The lowest BCUT2D eigenvalue weighted by Gasteiger charge is -2.22. The number of aliphatic hydroxyl groups is 2. The van der Waals surface area contributed by atoms with Crippen molar-refractivity contribution in [2.24, 2.45) is 11.3 Å². The molecule has 0 spiro atoms. The molecule has 39 heavy (non-hydrogen) atoms. The Balaban J connectivity index is 0.000000750. The first-order chi connectivity index (χ1) is 18.4. The van der Waals surface area contributed by atoms with Crippen LogP contribution >= 0.6 is 23.2 Å². The van der Waals surface area contributed by atoms with Crippen molar-refractivity contribution in [3.05, 3.63) is 63.4 Å². The van der Waals surface area contributed by atoms with E-state index in [4.69, 9.17) is 33.4 Å². The molecule has 1 aliphatic rings. The number of hydrogen-bond donors (Lipinski definition) is 5. The van der Waals surface area contributed by atoms with E-state index in [-0.39, 0.29) is 23.5 Å². The third-order valence-corrected chi connectivity index (χ3v) is 5.89. The van der Waals surface area contributed by atoms with Gasteiger partial charge in [-0.05, 0) is 53.1 Å². The molecule has 1 fully saturated rings. The third kappa shape index (κ3) is 15.2. The SMILES string of the molecule is CC(C)(C)C.CO.C[C@@H](CCO)CNC=O.O=CNc1cc(Cl)c(F)cc1[C@@H]1CNC[C@@H]1c1cccc(Cl)c1. The summed E-state index contributed by atoms with van der Waals surface area (Å²) < 4.78 is 14.0. The van der Waals surface area contributed by atoms with Crippen LogP contribution in [0, 0.1) is 17.2 Å². The molecule has 0 bridgehead atoms. The average Bonchev–Trinajstić information content (AvgIpc) is 3.36. The number of aliphatic hydroxyl groups excluding tert-OH is 2. The molecule has 7 nitrogen and oxygen atoms in total. The van der Waals surface area contributed by atoms with Crippen LogP contribution in [0.5, 0.6) is 0 Å². The van der Waals surface area contributed by atoms with Gasteiger partial charge in [0.2, 0.25) is 12.8 Å². The highest BCUT2D eigenvalue weighted by Gasteiger charge is 2.32. The highest BCUT2D eigenvalue weighted by Crippen LogP contribution is 2.41. The van der Waals surface area contributed by atoms with Crippen LogP contribution in [0.3, 0.4) is 0 Å². The van der Waals surface area contributed by atoms with Crippen molar-refractivity contribution in [2.45, 2.75) is 52.9 Å². The number of halogens is 3. The van der Waals surface area contributed by atoms with Crippen LogP contribution in [0.1, 0.15) is 64.0 Å². The second-order valence-corrected chi connectivity index (χ2v) is 11.5. The molecule has 2 amide bonds. The predicted molar refractivity (Wildman–Crippen MR) is 159 cm³/mol. The van der Waals surface area contributed by atoms with Crippen molar-refractivity contribution >= 4 is 41.7 Å². The Morgan fingerprint density at radius 3 is 2.23 bits per heavy atom. The molecule has 5 N–H and O–H groups in total. The van der Waals surface area contributed by atoms with E-state index in [9.17, 15) is 14.0 Å². The van der Waals surface area contributed by atoms with Crippen LogP contribution in [-0.4, -0.2) is 56.4 Å². The van der Waals surface area contributed by atoms with E-state index in [0.717, 1.165) is 31.2 Å². The van der Waals surface area contributed by atoms with Crippen molar-refractivity contribution in [3.63, 3.8) is 0 Å². The van der Waals surface area contributed by atoms with Gasteiger partial charge in [-0.2, -0.15) is 0 Å². The predicted octanol–water partition coefficient (Wildman–Crippen LogP) is 5.58. The minimum Gasteiger partial charge on any atom is -0.400 e. The Bertz CT molecular complexity index is 983. The Morgan fingerprint density at radius 1 is 1.08 bits per heavy atom. The van der Waals surface area contributed by atoms with Gasteiger partial charge in [-0.15, -0.1) is 0 Å². The molecule has 2 aromatic rings. The summed E-state index contributed by atoms with van der Waals surface area (Å²) in [7, 11) is 1.00. The first kappa shape index (κ1) is 36.8. The standard InChI is InChI=1S/C17H15Cl2FN2O.C6H13NO2.C5H12.CH4O/c18-11-3-1-2-10(4-11)13-7-21-8-14(13)12-5-16(20)15(19)6-17(12)22-9-23;1-6(2-3-8)4-7-5-9;1-5(2,3)4;1-2/h1-6,9,13-14,21H,7-8H2,(H,22,23);5-6,8H,2-4H2,1H3,(H,7,9);1-4H3;2H,1H3/t13-,14+;6-;;/m10../s1. The molecule has 2 aromatic carbocycles. The molecular formula is C29H44Cl2FN3O4. The molecule has 10 heteroatoms. The molecule has 3 atom stereocenters. The Labute approximate surface area is 242 Å². The highest BCUT2D eigenvalue weighted by atomic mass is 35.5. The quantitative estimate of drug-likeness (QED) is 0.246. The smallest absolute Gasteiger partial charge is 0.211 e. The first-order valence-corrected chi connectivity index (χ1v) is 13.5. The van der Waals surface area contributed by atoms with Gasteiger partial charge in [0.15, 0.2) is 0 Å². The van der Waals surface area contributed by atoms with Crippen molar-refractivity contribution in [1.82, 2.24) is 10.6 Å². The lowest BCUT2D eigenvalue weighted by atomic mass is 9.83. The van der Waals surface area contributed by atoms with Crippen molar-refractivity contribution in [1.29, 1.82) is 0 Å². The highest BCUT2D eigenvalue weighted by molar-refractivity contribution is 6.31. The number of anilines is 1. The summed E-state index contributed by atoms with van der Waals surface area (Å²) in [6.45, 7) is 13.0. The van der Waals surface area contributed by atoms with Crippen LogP contribution in [0.25, 0.3) is 0 Å². The lowest BCUT2D eigenvalue weighted by Crippen LogP contribution is -2.19. The molecule has 1 saturated heterocycles. The second kappa shape index (κ2) is 19.8. The average molecular weight is 589 g/mol. The molecule has 220 valence electrons. The van der Waals surface area contributed by atoms with Gasteiger partial charge in [-0.1, -0.05) is 70.0 Å². The molecule has 0 unspecified atom stereocenters. The van der Waals surface area contributed by atoms with Crippen LogP contribution in [0.2, 0.25) is 10.0 Å². The van der Waals surface area contributed by atoms with Crippen LogP contribution in [0.4, 0.5) is 10.1 Å². The fourth-order valence-electron chi connectivity index (χ4n) is 3.72. The van der Waals surface area contributed by atoms with Gasteiger partial charge in [-0.25, -0.2) is 4.39 Å². The van der Waals surface area contributed by atoms with E-state index in [2.05, 4.69) is 43.6 Å². The Morgan fingerprint density at radius 2 is 1.69 bits per heavy atom. The summed E-state index contributed by atoms with van der Waals surface area (Å²) >= 11 is 11.9. The summed E-state index contributed by atoms with van der Waals surface area (Å²) in [6.07, 6.45) is 2.00. The van der Waals surface area contributed by atoms with E-state index in [1.807, 2.05) is 31.2 Å². The third-order valence-electron chi connectivity index (χ3n) is 5.37. The zero-order chi connectivity index (χ0) is 30.0. The van der Waals surface area contributed by atoms with Gasteiger partial charge in [0.1, 0.15) is 5.82 Å². The van der Waals surface area contributed by atoms with E-state index in [1.54, 1.807) is 0 Å². The normalized spacial score (nSPS) is 16.7. The van der Waals surface area contributed by atoms with Gasteiger partial charge in [0.25, 0.3) is 0 Å². The van der Waals surface area contributed by atoms with Gasteiger partial charge in [0.05, 0.1) is 5.02 Å². The Hall–Kier alpha value is -2.23. The maximum Gasteiger partial charge on any atom is 0.211 e. The van der Waals surface area contributed by atoms with Gasteiger partial charge >= 0.3 is 0 Å². The summed E-state index contributed by atoms with van der Waals surface area (Å²) in [4.78, 5) is 20.6. The zero-order valence-corrected chi connectivity index (χ0v) is 25.2. The molecule has 3 rings (SSSR count). The number of hydrogen-bond acceptors (Lipinski definition) is 5. The first-order valence-electron chi connectivity index (χ1n) is 12.8. The summed E-state index contributed by atoms with van der Waals surface area (Å²) in [5, 5.41) is 24.6. The van der Waals surface area contributed by atoms with E-state index >= 15 is 0 Å². The van der Waals surface area contributed by atoms with Crippen molar-refractivity contribution < 1.29 is 24.2 Å². The maximum absolute atomic E-state index is 14.0. The van der Waals surface area contributed by atoms with E-state index in [0.29, 0.717) is 48.0 Å². The van der Waals surface area contributed by atoms with Crippen molar-refractivity contribution in [2.75, 3.05) is 38.7 Å². The number of benzene rings is 2. The van der Waals surface area contributed by atoms with Crippen LogP contribution in [-0.2, 0) is 9.59 Å². The number of carbonyl (C=O) groups is 2.